The molecule has 1 aliphatic carbocycles. The van der Waals surface area contributed by atoms with Crippen LogP contribution in [-0.2, 0) is 0 Å². The summed E-state index contributed by atoms with van der Waals surface area (Å²) in [5.41, 5.74) is 2.30. The second-order valence-electron chi connectivity index (χ2n) is 6.77. The van der Waals surface area contributed by atoms with Gasteiger partial charge in [-0.05, 0) is 38.7 Å². The highest BCUT2D eigenvalue weighted by molar-refractivity contribution is 5.37. The van der Waals surface area contributed by atoms with Crippen LogP contribution in [0.25, 0.3) is 0 Å². The second kappa shape index (κ2) is 6.62. The number of hydrogen-bond acceptors (Lipinski definition) is 2. The second-order valence-corrected chi connectivity index (χ2v) is 6.77. The van der Waals surface area contributed by atoms with Crippen LogP contribution >= 0.6 is 0 Å². The zero-order chi connectivity index (χ0) is 14.7. The third-order valence-corrected chi connectivity index (χ3v) is 4.50. The smallest absolute Gasteiger partial charge is 0.120 e. The number of nitrogens with zero attached hydrogens (tertiary/aromatic N) is 1. The molecule has 0 aliphatic heterocycles. The number of aromatic hydroxyl groups is 1. The Kier molecular flexibility index (Phi) is 5.09. The van der Waals surface area contributed by atoms with Crippen LogP contribution in [-0.4, -0.2) is 22.6 Å². The Morgan fingerprint density at radius 2 is 1.85 bits per heavy atom. The normalized spacial score (nSPS) is 18.1. The largest absolute Gasteiger partial charge is 0.508 e. The number of phenols is 1. The lowest BCUT2D eigenvalue weighted by molar-refractivity contribution is 0.126. The van der Waals surface area contributed by atoms with Gasteiger partial charge in [-0.25, -0.2) is 0 Å². The molecule has 0 aromatic heterocycles. The monoisotopic (exact) mass is 275 g/mol. The van der Waals surface area contributed by atoms with E-state index >= 15 is 0 Å². The lowest BCUT2D eigenvalue weighted by Gasteiger charge is -2.36. The molecule has 2 rings (SSSR count). The van der Waals surface area contributed by atoms with E-state index in [1.165, 1.54) is 31.2 Å². The molecule has 0 saturated heterocycles. The number of rotatable bonds is 5. The predicted molar refractivity (Wildman–Crippen MR) is 85.1 cm³/mol. The van der Waals surface area contributed by atoms with Gasteiger partial charge in [0.2, 0.25) is 0 Å². The summed E-state index contributed by atoms with van der Waals surface area (Å²) in [6.07, 6.45) is 5.32. The standard InChI is InChI=1S/C18H29NO/c1-13(2)12-19(16-7-5-6-8-16)15(4)17-11-14(3)9-10-18(17)20/h9-11,13,15-16,20H,5-8,12H2,1-4H3. The van der Waals surface area contributed by atoms with E-state index in [1.807, 2.05) is 12.1 Å². The first-order valence-corrected chi connectivity index (χ1v) is 8.04. The maximum atomic E-state index is 10.2. The summed E-state index contributed by atoms with van der Waals surface area (Å²) >= 11 is 0. The van der Waals surface area contributed by atoms with Crippen LogP contribution in [0.15, 0.2) is 18.2 Å². The van der Waals surface area contributed by atoms with Crippen molar-refractivity contribution in [2.75, 3.05) is 6.54 Å². The van der Waals surface area contributed by atoms with Crippen LogP contribution in [0.1, 0.15) is 63.6 Å². The summed E-state index contributed by atoms with van der Waals surface area (Å²) in [5.74, 6) is 1.10. The van der Waals surface area contributed by atoms with Crippen LogP contribution in [0.5, 0.6) is 5.75 Å². The fourth-order valence-corrected chi connectivity index (χ4v) is 3.47. The highest BCUT2D eigenvalue weighted by Gasteiger charge is 2.28. The van der Waals surface area contributed by atoms with Gasteiger partial charge in [0.05, 0.1) is 0 Å². The minimum Gasteiger partial charge on any atom is -0.508 e. The van der Waals surface area contributed by atoms with Gasteiger partial charge in [-0.15, -0.1) is 0 Å². The maximum absolute atomic E-state index is 10.2. The summed E-state index contributed by atoms with van der Waals surface area (Å²) in [7, 11) is 0. The number of benzene rings is 1. The van der Waals surface area contributed by atoms with E-state index in [2.05, 4.69) is 38.7 Å². The molecule has 112 valence electrons. The Bertz CT molecular complexity index is 435. The van der Waals surface area contributed by atoms with Crippen LogP contribution in [0.2, 0.25) is 0 Å². The lowest BCUT2D eigenvalue weighted by atomic mass is 9.99. The van der Waals surface area contributed by atoms with Crippen LogP contribution in [0, 0.1) is 12.8 Å². The van der Waals surface area contributed by atoms with Crippen molar-refractivity contribution in [3.63, 3.8) is 0 Å². The molecule has 20 heavy (non-hydrogen) atoms. The van der Waals surface area contributed by atoms with E-state index in [9.17, 15) is 5.11 Å². The Morgan fingerprint density at radius 3 is 2.45 bits per heavy atom. The number of hydrogen-bond donors (Lipinski definition) is 1. The van der Waals surface area contributed by atoms with E-state index in [0.717, 1.165) is 12.1 Å². The van der Waals surface area contributed by atoms with Gasteiger partial charge in [0.15, 0.2) is 0 Å². The Morgan fingerprint density at radius 1 is 1.20 bits per heavy atom. The average Bonchev–Trinajstić information content (AvgIpc) is 2.91. The van der Waals surface area contributed by atoms with Gasteiger partial charge in [-0.1, -0.05) is 44.4 Å². The lowest BCUT2D eigenvalue weighted by Crippen LogP contribution is -2.38. The quantitative estimate of drug-likeness (QED) is 0.844. The van der Waals surface area contributed by atoms with Gasteiger partial charge < -0.3 is 5.11 Å². The molecule has 2 heteroatoms. The molecule has 1 aliphatic rings. The molecule has 1 fully saturated rings. The number of aryl methyl sites for hydroxylation is 1. The first-order valence-electron chi connectivity index (χ1n) is 8.04. The maximum Gasteiger partial charge on any atom is 0.120 e. The SMILES string of the molecule is Cc1ccc(O)c(C(C)N(CC(C)C)C2CCCC2)c1. The Labute approximate surface area is 123 Å². The molecule has 1 N–H and O–H groups in total. The number of phenolic OH excluding ortho intramolecular Hbond substituents is 1. The highest BCUT2D eigenvalue weighted by Crippen LogP contribution is 2.35. The van der Waals surface area contributed by atoms with Crippen molar-refractivity contribution in [2.24, 2.45) is 5.92 Å². The predicted octanol–water partition coefficient (Wildman–Crippen LogP) is 4.66. The van der Waals surface area contributed by atoms with Crippen molar-refractivity contribution in [3.05, 3.63) is 29.3 Å². The Balaban J connectivity index is 2.24. The van der Waals surface area contributed by atoms with Crippen molar-refractivity contribution in [2.45, 2.75) is 65.5 Å². The third kappa shape index (κ3) is 3.54. The van der Waals surface area contributed by atoms with E-state index in [4.69, 9.17) is 0 Å². The van der Waals surface area contributed by atoms with Gasteiger partial charge in [-0.3, -0.25) is 4.90 Å². The van der Waals surface area contributed by atoms with Gasteiger partial charge in [-0.2, -0.15) is 0 Å². The van der Waals surface area contributed by atoms with E-state index in [0.29, 0.717) is 23.8 Å². The van der Waals surface area contributed by atoms with Gasteiger partial charge >= 0.3 is 0 Å². The summed E-state index contributed by atoms with van der Waals surface area (Å²) < 4.78 is 0. The minimum absolute atomic E-state index is 0.292. The fourth-order valence-electron chi connectivity index (χ4n) is 3.47. The molecular weight excluding hydrogens is 246 g/mol. The van der Waals surface area contributed by atoms with Crippen LogP contribution < -0.4 is 0 Å². The van der Waals surface area contributed by atoms with Crippen molar-refractivity contribution in [1.82, 2.24) is 4.90 Å². The minimum atomic E-state index is 0.292. The molecule has 0 heterocycles. The summed E-state index contributed by atoms with van der Waals surface area (Å²) in [6, 6.07) is 6.94. The highest BCUT2D eigenvalue weighted by atomic mass is 16.3. The molecule has 1 aromatic rings. The summed E-state index contributed by atoms with van der Waals surface area (Å²) in [6.45, 7) is 10.0. The first kappa shape index (κ1) is 15.4. The third-order valence-electron chi connectivity index (χ3n) is 4.50. The van der Waals surface area contributed by atoms with E-state index in [1.54, 1.807) is 0 Å². The van der Waals surface area contributed by atoms with Crippen LogP contribution in [0.4, 0.5) is 0 Å². The fraction of sp³-hybridized carbons (Fsp3) is 0.667. The average molecular weight is 275 g/mol. The first-order chi connectivity index (χ1) is 9.49. The molecule has 1 aromatic carbocycles. The molecule has 0 spiro atoms. The summed E-state index contributed by atoms with van der Waals surface area (Å²) in [5, 5.41) is 10.2. The molecule has 0 amide bonds. The van der Waals surface area contributed by atoms with Gasteiger partial charge in [0.1, 0.15) is 5.75 Å². The molecule has 0 bridgehead atoms. The Hall–Kier alpha value is -1.02. The van der Waals surface area contributed by atoms with E-state index < -0.39 is 0 Å². The van der Waals surface area contributed by atoms with Crippen molar-refractivity contribution in [1.29, 1.82) is 0 Å². The zero-order valence-electron chi connectivity index (χ0n) is 13.4. The van der Waals surface area contributed by atoms with Gasteiger partial charge in [0, 0.05) is 24.2 Å². The van der Waals surface area contributed by atoms with Crippen molar-refractivity contribution in [3.8, 4) is 5.75 Å². The zero-order valence-corrected chi connectivity index (χ0v) is 13.4. The van der Waals surface area contributed by atoms with E-state index in [-0.39, 0.29) is 0 Å². The topological polar surface area (TPSA) is 23.5 Å². The molecule has 2 nitrogen and oxygen atoms in total. The van der Waals surface area contributed by atoms with Crippen LogP contribution in [0.3, 0.4) is 0 Å². The molecule has 1 saturated carbocycles. The molecule has 1 unspecified atom stereocenters. The van der Waals surface area contributed by atoms with Crippen molar-refractivity contribution < 1.29 is 5.11 Å². The molecular formula is C18H29NO. The van der Waals surface area contributed by atoms with Gasteiger partial charge in [0.25, 0.3) is 0 Å². The van der Waals surface area contributed by atoms with Crippen molar-refractivity contribution >= 4 is 0 Å². The molecule has 0 radical (unpaired) electrons. The summed E-state index contributed by atoms with van der Waals surface area (Å²) in [4.78, 5) is 2.62. The molecule has 1 atom stereocenters.